The molecule has 0 atom stereocenters. The Morgan fingerprint density at radius 2 is 1.50 bits per heavy atom. The molecule has 0 spiro atoms. The van der Waals surface area contributed by atoms with Crippen LogP contribution < -0.4 is 4.74 Å². The quantitative estimate of drug-likeness (QED) is 0.259. The molecule has 3 aromatic rings. The summed E-state index contributed by atoms with van der Waals surface area (Å²) in [5.74, 6) is -0.843. The minimum Gasteiger partial charge on any atom is -0.481 e. The van der Waals surface area contributed by atoms with Crippen LogP contribution >= 0.6 is 15.9 Å². The van der Waals surface area contributed by atoms with E-state index in [1.807, 2.05) is 36.4 Å². The standard InChI is InChI=1S/C25H24BrNO4.C4H6O3/c1-18(28)27(13-12-19-6-3-2-4-7-19)17-21-16-22(26)10-11-24(21)31-23-9-5-8-20(14-23)15-25(29)30;1-3(5)7-4(2)6/h2-11,14,16H,12-13,15,17H2,1H3,(H,29,30);1-2H3. The smallest absolute Gasteiger partial charge is 0.310 e. The summed E-state index contributed by atoms with van der Waals surface area (Å²) in [5.41, 5.74) is 2.70. The van der Waals surface area contributed by atoms with Crippen molar-refractivity contribution < 1.29 is 33.8 Å². The van der Waals surface area contributed by atoms with Crippen LogP contribution in [0.2, 0.25) is 0 Å². The number of carboxylic acid groups (broad SMARTS) is 1. The molecule has 3 aromatic carbocycles. The van der Waals surface area contributed by atoms with Crippen molar-refractivity contribution in [1.29, 1.82) is 0 Å². The SMILES string of the molecule is CC(=O)N(CCc1ccccc1)Cc1cc(Br)ccc1Oc1cccc(CC(=O)O)c1.CC(=O)OC(C)=O. The summed E-state index contributed by atoms with van der Waals surface area (Å²) in [6.07, 6.45) is 0.698. The van der Waals surface area contributed by atoms with Crippen molar-refractivity contribution in [2.24, 2.45) is 0 Å². The van der Waals surface area contributed by atoms with Crippen molar-refractivity contribution in [3.05, 3.63) is 94.0 Å². The Bertz CT molecular complexity index is 1250. The van der Waals surface area contributed by atoms with Crippen LogP contribution in [0.5, 0.6) is 11.5 Å². The monoisotopic (exact) mass is 583 g/mol. The molecule has 0 radical (unpaired) electrons. The fraction of sp³-hybridized carbons (Fsp3) is 0.241. The molecule has 0 saturated heterocycles. The molecule has 0 aliphatic carbocycles. The van der Waals surface area contributed by atoms with Crippen LogP contribution in [0.15, 0.2) is 77.3 Å². The molecule has 0 aliphatic heterocycles. The number of rotatable bonds is 9. The molecule has 0 aromatic heterocycles. The van der Waals surface area contributed by atoms with Crippen LogP contribution in [0.3, 0.4) is 0 Å². The van der Waals surface area contributed by atoms with Crippen molar-refractivity contribution >= 4 is 39.7 Å². The molecule has 3 rings (SSSR count). The van der Waals surface area contributed by atoms with Gasteiger partial charge in [-0.2, -0.15) is 0 Å². The molecule has 8 nitrogen and oxygen atoms in total. The summed E-state index contributed by atoms with van der Waals surface area (Å²) in [6.45, 7) is 4.94. The highest BCUT2D eigenvalue weighted by molar-refractivity contribution is 9.10. The molecule has 0 fully saturated rings. The molecule has 200 valence electrons. The van der Waals surface area contributed by atoms with Crippen molar-refractivity contribution in [2.45, 2.75) is 40.2 Å². The molecule has 38 heavy (non-hydrogen) atoms. The molecular weight excluding hydrogens is 554 g/mol. The van der Waals surface area contributed by atoms with Gasteiger partial charge in [0, 0.05) is 43.9 Å². The second-order valence-electron chi connectivity index (χ2n) is 8.33. The Labute approximate surface area is 230 Å². The number of esters is 2. The summed E-state index contributed by atoms with van der Waals surface area (Å²) in [5, 5.41) is 9.02. The maximum Gasteiger partial charge on any atom is 0.310 e. The molecule has 9 heteroatoms. The molecule has 0 saturated carbocycles. The van der Waals surface area contributed by atoms with Crippen molar-refractivity contribution in [2.75, 3.05) is 6.54 Å². The van der Waals surface area contributed by atoms with Gasteiger partial charge in [-0.1, -0.05) is 58.4 Å². The second-order valence-corrected chi connectivity index (χ2v) is 9.25. The van der Waals surface area contributed by atoms with Crippen molar-refractivity contribution in [3.8, 4) is 11.5 Å². The largest absolute Gasteiger partial charge is 0.481 e. The van der Waals surface area contributed by atoms with Crippen LogP contribution in [0, 0.1) is 0 Å². The van der Waals surface area contributed by atoms with E-state index in [0.717, 1.165) is 16.5 Å². The van der Waals surface area contributed by atoms with E-state index in [1.54, 1.807) is 36.1 Å². The summed E-state index contributed by atoms with van der Waals surface area (Å²) >= 11 is 3.50. The van der Waals surface area contributed by atoms with E-state index < -0.39 is 17.9 Å². The van der Waals surface area contributed by atoms with Gasteiger partial charge < -0.3 is 19.5 Å². The highest BCUT2D eigenvalue weighted by Gasteiger charge is 2.15. The normalized spacial score (nSPS) is 10.0. The van der Waals surface area contributed by atoms with Gasteiger partial charge in [-0.25, -0.2) is 0 Å². The molecule has 0 aliphatic rings. The van der Waals surface area contributed by atoms with Crippen LogP contribution in [-0.4, -0.2) is 40.4 Å². The zero-order valence-electron chi connectivity index (χ0n) is 21.5. The summed E-state index contributed by atoms with van der Waals surface area (Å²) in [6, 6.07) is 22.8. The third kappa shape index (κ3) is 11.4. The number of benzene rings is 3. The van der Waals surface area contributed by atoms with Gasteiger partial charge in [-0.3, -0.25) is 19.2 Å². The van der Waals surface area contributed by atoms with Gasteiger partial charge in [0.25, 0.3) is 0 Å². The van der Waals surface area contributed by atoms with Gasteiger partial charge in [0.15, 0.2) is 0 Å². The lowest BCUT2D eigenvalue weighted by Gasteiger charge is -2.23. The Morgan fingerprint density at radius 3 is 2.08 bits per heavy atom. The highest BCUT2D eigenvalue weighted by atomic mass is 79.9. The summed E-state index contributed by atoms with van der Waals surface area (Å²) in [7, 11) is 0. The van der Waals surface area contributed by atoms with Crippen LogP contribution in [0.1, 0.15) is 37.5 Å². The van der Waals surface area contributed by atoms with E-state index in [4.69, 9.17) is 9.84 Å². The van der Waals surface area contributed by atoms with Crippen molar-refractivity contribution in [3.63, 3.8) is 0 Å². The van der Waals surface area contributed by atoms with Gasteiger partial charge >= 0.3 is 17.9 Å². The fourth-order valence-electron chi connectivity index (χ4n) is 3.46. The lowest BCUT2D eigenvalue weighted by Crippen LogP contribution is -2.30. The third-order valence-electron chi connectivity index (χ3n) is 5.11. The average molecular weight is 584 g/mol. The fourth-order valence-corrected chi connectivity index (χ4v) is 3.86. The Morgan fingerprint density at radius 1 is 0.842 bits per heavy atom. The third-order valence-corrected chi connectivity index (χ3v) is 5.60. The topological polar surface area (TPSA) is 110 Å². The Kier molecular flexibility index (Phi) is 12.2. The molecular formula is C29H30BrNO7. The number of ether oxygens (including phenoxy) is 2. The first-order valence-corrected chi connectivity index (χ1v) is 12.6. The number of hydrogen-bond donors (Lipinski definition) is 1. The lowest BCUT2D eigenvalue weighted by atomic mass is 10.1. The van der Waals surface area contributed by atoms with Gasteiger partial charge in [-0.05, 0) is 47.9 Å². The summed E-state index contributed by atoms with van der Waals surface area (Å²) < 4.78 is 10.9. The number of amides is 1. The first-order valence-electron chi connectivity index (χ1n) is 11.8. The van der Waals surface area contributed by atoms with Gasteiger partial charge in [-0.15, -0.1) is 0 Å². The van der Waals surface area contributed by atoms with Crippen LogP contribution in [-0.2, 0) is 43.3 Å². The van der Waals surface area contributed by atoms with E-state index in [9.17, 15) is 19.2 Å². The number of carboxylic acids is 1. The number of nitrogens with zero attached hydrogens (tertiary/aromatic N) is 1. The van der Waals surface area contributed by atoms with Gasteiger partial charge in [0.05, 0.1) is 6.42 Å². The number of aliphatic carboxylic acids is 1. The van der Waals surface area contributed by atoms with E-state index >= 15 is 0 Å². The van der Waals surface area contributed by atoms with Gasteiger partial charge in [0.1, 0.15) is 11.5 Å². The first-order chi connectivity index (χ1) is 18.0. The molecule has 1 amide bonds. The second kappa shape index (κ2) is 15.3. The maximum absolute atomic E-state index is 12.3. The maximum atomic E-state index is 12.3. The number of hydrogen-bond acceptors (Lipinski definition) is 6. The summed E-state index contributed by atoms with van der Waals surface area (Å²) in [4.78, 5) is 44.7. The minimum atomic E-state index is -0.892. The minimum absolute atomic E-state index is 0.00897. The zero-order chi connectivity index (χ0) is 28.1. The molecule has 1 N–H and O–H groups in total. The Hall–Kier alpha value is -3.98. The predicted molar refractivity (Wildman–Crippen MR) is 146 cm³/mol. The van der Waals surface area contributed by atoms with E-state index in [0.29, 0.717) is 30.2 Å². The number of carbonyl (C=O) groups excluding carboxylic acids is 3. The number of carbonyl (C=O) groups is 4. The lowest BCUT2D eigenvalue weighted by molar-refractivity contribution is -0.156. The van der Waals surface area contributed by atoms with Crippen molar-refractivity contribution in [1.82, 2.24) is 4.90 Å². The van der Waals surface area contributed by atoms with Gasteiger partial charge in [0.2, 0.25) is 5.91 Å². The Balaban J connectivity index is 0.000000638. The average Bonchev–Trinajstić information content (AvgIpc) is 2.83. The number of halogens is 1. The van der Waals surface area contributed by atoms with Crippen LogP contribution in [0.4, 0.5) is 0 Å². The zero-order valence-corrected chi connectivity index (χ0v) is 23.1. The molecule has 0 bridgehead atoms. The predicted octanol–water partition coefficient (Wildman–Crippen LogP) is 5.56. The molecule has 0 unspecified atom stereocenters. The van der Waals surface area contributed by atoms with E-state index in [2.05, 4.69) is 32.8 Å². The van der Waals surface area contributed by atoms with E-state index in [-0.39, 0.29) is 12.3 Å². The first kappa shape index (κ1) is 30.2. The molecule has 0 heterocycles. The van der Waals surface area contributed by atoms with Crippen LogP contribution in [0.25, 0.3) is 0 Å². The highest BCUT2D eigenvalue weighted by Crippen LogP contribution is 2.30. The van der Waals surface area contributed by atoms with E-state index in [1.165, 1.54) is 19.4 Å².